The van der Waals surface area contributed by atoms with Crippen LogP contribution in [0, 0.1) is 0 Å². The third-order valence-electron chi connectivity index (χ3n) is 6.46. The third kappa shape index (κ3) is 7.07. The van der Waals surface area contributed by atoms with E-state index in [-0.39, 0.29) is 37.7 Å². The van der Waals surface area contributed by atoms with Crippen LogP contribution < -0.4 is 15.3 Å². The number of nitrogen functional groups attached to an aromatic ring is 1. The van der Waals surface area contributed by atoms with Crippen LogP contribution in [0.25, 0.3) is 11.2 Å². The van der Waals surface area contributed by atoms with Gasteiger partial charge in [0.15, 0.2) is 11.5 Å². The second-order valence-electron chi connectivity index (χ2n) is 9.53. The number of esters is 1. The lowest BCUT2D eigenvalue weighted by atomic mass is 10.1. The Hall–Kier alpha value is -3.87. The number of nitrogens with zero attached hydrogens (tertiary/aromatic N) is 4. The van der Waals surface area contributed by atoms with Gasteiger partial charge in [0.05, 0.1) is 31.7 Å². The molecule has 1 aliphatic rings. The van der Waals surface area contributed by atoms with E-state index < -0.39 is 38.1 Å². The van der Waals surface area contributed by atoms with Crippen LogP contribution in [0.3, 0.4) is 0 Å². The molecule has 5 rings (SSSR count). The lowest BCUT2D eigenvalue weighted by molar-refractivity contribution is -0.146. The number of carbonyl (C=O) groups excluding carboxylic acids is 1. The zero-order valence-corrected chi connectivity index (χ0v) is 23.2. The molecule has 5 atom stereocenters. The van der Waals surface area contributed by atoms with Crippen molar-refractivity contribution < 1.29 is 33.0 Å². The predicted molar refractivity (Wildman–Crippen MR) is 148 cm³/mol. The smallest absolute Gasteiger partial charge is 0.459 e. The van der Waals surface area contributed by atoms with Crippen molar-refractivity contribution in [3.63, 3.8) is 0 Å². The van der Waals surface area contributed by atoms with Gasteiger partial charge in [-0.3, -0.25) is 9.32 Å². The van der Waals surface area contributed by atoms with Gasteiger partial charge >= 0.3 is 13.7 Å². The fourth-order valence-electron chi connectivity index (χ4n) is 4.44. The number of anilines is 1. The summed E-state index contributed by atoms with van der Waals surface area (Å²) in [5.74, 6) is -0.126. The molecule has 0 bridgehead atoms. The highest BCUT2D eigenvalue weighted by Crippen LogP contribution is 2.48. The van der Waals surface area contributed by atoms with Crippen molar-refractivity contribution in [3.05, 3.63) is 78.9 Å². The van der Waals surface area contributed by atoms with Crippen LogP contribution in [-0.4, -0.2) is 61.6 Å². The van der Waals surface area contributed by atoms with Gasteiger partial charge in [0.25, 0.3) is 0 Å². The van der Waals surface area contributed by atoms with Crippen molar-refractivity contribution in [3.8, 4) is 5.75 Å². The van der Waals surface area contributed by atoms with E-state index >= 15 is 0 Å². The Kier molecular flexibility index (Phi) is 8.91. The van der Waals surface area contributed by atoms with Crippen LogP contribution in [0.1, 0.15) is 18.9 Å². The first-order valence-electron chi connectivity index (χ1n) is 13.0. The van der Waals surface area contributed by atoms with Gasteiger partial charge in [-0.15, -0.1) is 0 Å². The number of nitrogens with one attached hydrogen (secondary N) is 1. The van der Waals surface area contributed by atoms with Gasteiger partial charge in [0.2, 0.25) is 0 Å². The number of fused-ring (bicyclic) bond motifs is 1. The zero-order valence-electron chi connectivity index (χ0n) is 22.3. The van der Waals surface area contributed by atoms with E-state index in [1.165, 1.54) is 13.3 Å². The molecule has 216 valence electrons. The summed E-state index contributed by atoms with van der Waals surface area (Å²) < 4.78 is 39.3. The summed E-state index contributed by atoms with van der Waals surface area (Å²) in [7, 11) is -4.20. The molecule has 2 aromatic carbocycles. The summed E-state index contributed by atoms with van der Waals surface area (Å²) in [6.45, 7) is 1.50. The number of aromatic nitrogens is 4. The Labute approximate surface area is 236 Å². The first kappa shape index (κ1) is 28.7. The molecule has 1 fully saturated rings. The van der Waals surface area contributed by atoms with E-state index in [9.17, 15) is 14.5 Å². The van der Waals surface area contributed by atoms with Gasteiger partial charge in [0.1, 0.15) is 36.3 Å². The van der Waals surface area contributed by atoms with Gasteiger partial charge in [-0.25, -0.2) is 19.5 Å². The van der Waals surface area contributed by atoms with Crippen molar-refractivity contribution in [1.82, 2.24) is 24.6 Å². The van der Waals surface area contributed by atoms with Crippen LogP contribution in [-0.2, 0) is 36.5 Å². The van der Waals surface area contributed by atoms with E-state index in [4.69, 9.17) is 24.3 Å². The minimum Gasteiger partial charge on any atom is -0.460 e. The average Bonchev–Trinajstić information content (AvgIpc) is 3.57. The second kappa shape index (κ2) is 12.8. The number of para-hydroxylation sites is 1. The lowest BCUT2D eigenvalue weighted by Crippen LogP contribution is -2.37. The summed E-state index contributed by atoms with van der Waals surface area (Å²) in [4.78, 5) is 25.3. The van der Waals surface area contributed by atoms with Gasteiger partial charge in [-0.05, 0) is 24.6 Å². The highest BCUT2D eigenvalue weighted by atomic mass is 31.2. The van der Waals surface area contributed by atoms with E-state index in [2.05, 4.69) is 20.0 Å². The molecule has 4 aromatic rings. The van der Waals surface area contributed by atoms with E-state index in [1.54, 1.807) is 41.2 Å². The van der Waals surface area contributed by atoms with Gasteiger partial charge in [-0.1, -0.05) is 48.5 Å². The Morgan fingerprint density at radius 2 is 1.90 bits per heavy atom. The van der Waals surface area contributed by atoms with E-state index in [1.807, 2.05) is 30.3 Å². The third-order valence-corrected chi connectivity index (χ3v) is 8.16. The molecule has 2 aromatic heterocycles. The minimum absolute atomic E-state index is 0.0556. The Balaban J connectivity index is 1.34. The molecule has 41 heavy (non-hydrogen) atoms. The second-order valence-corrected chi connectivity index (χ2v) is 11.2. The molecule has 0 radical (unpaired) electrons. The zero-order chi connectivity index (χ0) is 28.8. The molecular weight excluding hydrogens is 551 g/mol. The molecular formula is C27H31N6O7P. The van der Waals surface area contributed by atoms with E-state index in [0.29, 0.717) is 11.2 Å². The van der Waals surface area contributed by atoms with Gasteiger partial charge in [-0.2, -0.15) is 5.09 Å². The number of ether oxygens (including phenoxy) is 2. The fourth-order valence-corrected chi connectivity index (χ4v) is 6.15. The van der Waals surface area contributed by atoms with Gasteiger partial charge < -0.3 is 29.4 Å². The van der Waals surface area contributed by atoms with Crippen molar-refractivity contribution in [2.45, 2.75) is 50.8 Å². The summed E-state index contributed by atoms with van der Waals surface area (Å²) in [5, 5.41) is 12.5. The number of imidazole rings is 1. The molecule has 0 amide bonds. The number of hydrogen-bond acceptors (Lipinski definition) is 11. The quantitative estimate of drug-likeness (QED) is 0.165. The molecule has 0 spiro atoms. The molecule has 0 saturated carbocycles. The SMILES string of the molecule is C[C@H](NP(=O)(Oc1ccccc1)O[C@H]1C[C@@H](CO)O[C@H]1Cn1cnc2c(N)ncnc21)C(=O)OCc1ccccc1. The number of carbonyl (C=O) groups is 1. The summed E-state index contributed by atoms with van der Waals surface area (Å²) in [5.41, 5.74) is 7.65. The average molecular weight is 583 g/mol. The van der Waals surface area contributed by atoms with Crippen LogP contribution in [0.15, 0.2) is 73.3 Å². The topological polar surface area (TPSA) is 173 Å². The van der Waals surface area contributed by atoms with Crippen LogP contribution in [0.5, 0.6) is 5.75 Å². The number of benzene rings is 2. The molecule has 4 N–H and O–H groups in total. The van der Waals surface area contributed by atoms with Crippen LogP contribution >= 0.6 is 7.75 Å². The highest BCUT2D eigenvalue weighted by Gasteiger charge is 2.43. The first-order chi connectivity index (χ1) is 19.8. The Morgan fingerprint density at radius 3 is 2.63 bits per heavy atom. The minimum atomic E-state index is -4.20. The lowest BCUT2D eigenvalue weighted by Gasteiger charge is -2.27. The summed E-state index contributed by atoms with van der Waals surface area (Å²) >= 11 is 0. The maximum absolute atomic E-state index is 14.2. The molecule has 1 saturated heterocycles. The first-order valence-corrected chi connectivity index (χ1v) is 14.6. The van der Waals surface area contributed by atoms with Crippen molar-refractivity contribution in [2.24, 2.45) is 0 Å². The van der Waals surface area contributed by atoms with Crippen LogP contribution in [0.2, 0.25) is 0 Å². The van der Waals surface area contributed by atoms with Crippen molar-refractivity contribution in [1.29, 1.82) is 0 Å². The maximum Gasteiger partial charge on any atom is 0.459 e. The van der Waals surface area contributed by atoms with Crippen molar-refractivity contribution >= 4 is 30.7 Å². The van der Waals surface area contributed by atoms with Gasteiger partial charge in [0, 0.05) is 6.42 Å². The number of hydrogen-bond donors (Lipinski definition) is 3. The molecule has 1 aliphatic heterocycles. The highest BCUT2D eigenvalue weighted by molar-refractivity contribution is 7.52. The number of rotatable bonds is 12. The Bertz CT molecular complexity index is 1510. The number of aliphatic hydroxyl groups is 1. The number of aliphatic hydroxyl groups excluding tert-OH is 1. The Morgan fingerprint density at radius 1 is 1.17 bits per heavy atom. The normalized spacial score (nSPS) is 20.9. The van der Waals surface area contributed by atoms with Crippen LogP contribution in [0.4, 0.5) is 5.82 Å². The monoisotopic (exact) mass is 582 g/mol. The fraction of sp³-hybridized carbons (Fsp3) is 0.333. The standard InChI is InChI=1S/C27H31N6O7P/c1-18(27(35)37-15-19-8-4-2-5-9-19)32-41(36,39-20-10-6-3-7-11-20)40-22-12-21(14-34)38-23(22)13-33-17-31-24-25(28)29-16-30-26(24)33/h2-11,16-18,21-23,34H,12-15H2,1H3,(H,32,36)(H2,28,29,30)/t18-,21-,22-,23-,41?/m0/s1. The molecule has 0 aliphatic carbocycles. The molecule has 14 heteroatoms. The van der Waals surface area contributed by atoms with Crippen molar-refractivity contribution in [2.75, 3.05) is 12.3 Å². The number of nitrogens with two attached hydrogens (primary N) is 1. The maximum atomic E-state index is 14.2. The molecule has 13 nitrogen and oxygen atoms in total. The molecule has 3 heterocycles. The predicted octanol–water partition coefficient (Wildman–Crippen LogP) is 2.85. The summed E-state index contributed by atoms with van der Waals surface area (Å²) in [6.07, 6.45) is 1.07. The largest absolute Gasteiger partial charge is 0.460 e. The molecule has 1 unspecified atom stereocenters. The van der Waals surface area contributed by atoms with E-state index in [0.717, 1.165) is 5.56 Å². The summed E-state index contributed by atoms with van der Waals surface area (Å²) in [6, 6.07) is 16.6.